The Labute approximate surface area is 174 Å². The lowest BCUT2D eigenvalue weighted by Gasteiger charge is -2.18. The largest absolute Gasteiger partial charge is 0.412 e. The van der Waals surface area contributed by atoms with Crippen LogP contribution in [0.2, 0.25) is 0 Å². The summed E-state index contributed by atoms with van der Waals surface area (Å²) in [6, 6.07) is 0. The van der Waals surface area contributed by atoms with Crippen LogP contribution in [-0.2, 0) is 0 Å². The van der Waals surface area contributed by atoms with Crippen molar-refractivity contribution in [3.8, 4) is 0 Å². The molecule has 0 atom stereocenters. The predicted molar refractivity (Wildman–Crippen MR) is 130 cm³/mol. The minimum Gasteiger partial charge on any atom is -0.412 e. The van der Waals surface area contributed by atoms with E-state index >= 15 is 0 Å². The van der Waals surface area contributed by atoms with E-state index in [0.717, 1.165) is 0 Å². The Morgan fingerprint density at radius 1 is 0.370 bits per heavy atom. The molecule has 0 bridgehead atoms. The van der Waals surface area contributed by atoms with E-state index in [1.807, 2.05) is 0 Å². The van der Waals surface area contributed by atoms with Gasteiger partial charge in [-0.05, 0) is 37.7 Å². The second-order valence-corrected chi connectivity index (χ2v) is 10.8. The highest BCUT2D eigenvalue weighted by molar-refractivity contribution is 7.57. The van der Waals surface area contributed by atoms with Crippen molar-refractivity contribution in [2.45, 2.75) is 136 Å². The van der Waals surface area contributed by atoms with Gasteiger partial charge in [-0.15, -0.1) is 7.92 Å². The van der Waals surface area contributed by atoms with E-state index < -0.39 is 0 Å². The summed E-state index contributed by atoms with van der Waals surface area (Å²) < 4.78 is 0. The van der Waals surface area contributed by atoms with Gasteiger partial charge in [0, 0.05) is 0 Å². The van der Waals surface area contributed by atoms with E-state index in [1.54, 1.807) is 18.5 Å². The lowest BCUT2D eigenvalue weighted by molar-refractivity contribution is 0.617. The van der Waals surface area contributed by atoms with E-state index in [9.17, 15) is 0 Å². The molecule has 0 aromatic rings. The van der Waals surface area contributed by atoms with Crippen molar-refractivity contribution < 1.29 is 5.48 Å². The minimum atomic E-state index is 0. The lowest BCUT2D eigenvalue weighted by atomic mass is 10.1. The molecule has 0 amide bonds. The molecule has 0 rings (SSSR count). The molecular formula is C24H56NOP. The molecule has 0 saturated carbocycles. The van der Waals surface area contributed by atoms with Crippen molar-refractivity contribution in [3.63, 3.8) is 0 Å². The highest BCUT2D eigenvalue weighted by atomic mass is 31.1. The fourth-order valence-corrected chi connectivity index (χ4v) is 6.37. The van der Waals surface area contributed by atoms with Gasteiger partial charge < -0.3 is 11.6 Å². The molecule has 0 unspecified atom stereocenters. The number of rotatable bonds is 21. The van der Waals surface area contributed by atoms with Crippen LogP contribution in [0.5, 0.6) is 0 Å². The number of hydrogen-bond donors (Lipinski definition) is 1. The van der Waals surface area contributed by atoms with Gasteiger partial charge >= 0.3 is 0 Å². The zero-order chi connectivity index (χ0) is 18.4. The van der Waals surface area contributed by atoms with Crippen molar-refractivity contribution >= 4 is 7.92 Å². The summed E-state index contributed by atoms with van der Waals surface area (Å²) in [6.45, 7) is 6.96. The third-order valence-electron chi connectivity index (χ3n) is 5.48. The topological polar surface area (TPSA) is 66.5 Å². The SMILES string of the molecule is CCCCCCCCP(CCCCCCCC)CCCCCCCC.N.O. The van der Waals surface area contributed by atoms with Crippen LogP contribution >= 0.6 is 7.92 Å². The highest BCUT2D eigenvalue weighted by Crippen LogP contribution is 2.39. The Hall–Kier alpha value is 0.350. The van der Waals surface area contributed by atoms with Gasteiger partial charge in [0.15, 0.2) is 0 Å². The molecule has 5 N–H and O–H groups in total. The van der Waals surface area contributed by atoms with Crippen LogP contribution in [0.25, 0.3) is 0 Å². The molecule has 0 aliphatic carbocycles. The highest BCUT2D eigenvalue weighted by Gasteiger charge is 2.07. The molecule has 168 valence electrons. The average molecular weight is 406 g/mol. The minimum absolute atomic E-state index is 0. The Bertz CT molecular complexity index is 200. The van der Waals surface area contributed by atoms with Crippen LogP contribution in [0.4, 0.5) is 0 Å². The summed E-state index contributed by atoms with van der Waals surface area (Å²) in [4.78, 5) is 0. The Balaban J connectivity index is -0.00000288. The molecule has 2 nitrogen and oxygen atoms in total. The normalized spacial score (nSPS) is 10.7. The van der Waals surface area contributed by atoms with Crippen molar-refractivity contribution in [2.24, 2.45) is 0 Å². The Morgan fingerprint density at radius 3 is 0.852 bits per heavy atom. The molecule has 0 spiro atoms. The Morgan fingerprint density at radius 2 is 0.593 bits per heavy atom. The molecule has 0 heterocycles. The van der Waals surface area contributed by atoms with Gasteiger partial charge in [-0.3, -0.25) is 0 Å². The van der Waals surface area contributed by atoms with Gasteiger partial charge in [0.05, 0.1) is 0 Å². The van der Waals surface area contributed by atoms with Crippen LogP contribution in [0.15, 0.2) is 0 Å². The van der Waals surface area contributed by atoms with E-state index in [2.05, 4.69) is 20.8 Å². The van der Waals surface area contributed by atoms with Gasteiger partial charge in [0.25, 0.3) is 0 Å². The van der Waals surface area contributed by atoms with E-state index in [1.165, 1.54) is 116 Å². The molecule has 0 aliphatic heterocycles. The average Bonchev–Trinajstić information content (AvgIpc) is 2.63. The monoisotopic (exact) mass is 405 g/mol. The first-order valence-electron chi connectivity index (χ1n) is 12.1. The molecule has 0 aromatic carbocycles. The van der Waals surface area contributed by atoms with Crippen LogP contribution in [0, 0.1) is 0 Å². The van der Waals surface area contributed by atoms with Crippen molar-refractivity contribution in [1.82, 2.24) is 6.15 Å². The summed E-state index contributed by atoms with van der Waals surface area (Å²) in [7, 11) is 0.366. The van der Waals surface area contributed by atoms with Gasteiger partial charge in [-0.1, -0.05) is 117 Å². The summed E-state index contributed by atoms with van der Waals surface area (Å²) in [5.74, 6) is 0. The van der Waals surface area contributed by atoms with Crippen molar-refractivity contribution in [2.75, 3.05) is 18.5 Å². The second-order valence-electron chi connectivity index (χ2n) is 8.14. The van der Waals surface area contributed by atoms with Crippen LogP contribution in [0.1, 0.15) is 136 Å². The van der Waals surface area contributed by atoms with Crippen LogP contribution in [-0.4, -0.2) is 24.0 Å². The first-order valence-corrected chi connectivity index (χ1v) is 14.0. The van der Waals surface area contributed by atoms with E-state index in [-0.39, 0.29) is 11.6 Å². The molecule has 0 radical (unpaired) electrons. The second kappa shape index (κ2) is 28.6. The summed E-state index contributed by atoms with van der Waals surface area (Å²) >= 11 is 0. The van der Waals surface area contributed by atoms with Crippen LogP contribution in [0.3, 0.4) is 0 Å². The summed E-state index contributed by atoms with van der Waals surface area (Å²) in [5, 5.41) is 0. The third-order valence-corrected chi connectivity index (χ3v) is 8.33. The fraction of sp³-hybridized carbons (Fsp3) is 1.00. The van der Waals surface area contributed by atoms with Gasteiger partial charge in [-0.25, -0.2) is 0 Å². The van der Waals surface area contributed by atoms with Gasteiger partial charge in [0.1, 0.15) is 0 Å². The molecule has 0 aromatic heterocycles. The van der Waals surface area contributed by atoms with E-state index in [4.69, 9.17) is 0 Å². The van der Waals surface area contributed by atoms with E-state index in [0.29, 0.717) is 7.92 Å². The molecule has 0 aliphatic rings. The van der Waals surface area contributed by atoms with Gasteiger partial charge in [0.2, 0.25) is 0 Å². The molecular weight excluding hydrogens is 349 g/mol. The first-order chi connectivity index (χ1) is 12.3. The maximum absolute atomic E-state index is 2.32. The fourth-order valence-electron chi connectivity index (χ4n) is 3.68. The smallest absolute Gasteiger partial charge is 0.0326 e. The van der Waals surface area contributed by atoms with Crippen molar-refractivity contribution in [1.29, 1.82) is 0 Å². The molecule has 0 saturated heterocycles. The molecule has 27 heavy (non-hydrogen) atoms. The van der Waals surface area contributed by atoms with Crippen molar-refractivity contribution in [3.05, 3.63) is 0 Å². The lowest BCUT2D eigenvalue weighted by Crippen LogP contribution is -1.97. The predicted octanol–water partition coefficient (Wildman–Crippen LogP) is 8.89. The maximum Gasteiger partial charge on any atom is -0.0326 e. The zero-order valence-corrected chi connectivity index (χ0v) is 20.4. The molecule has 3 heteroatoms. The summed E-state index contributed by atoms with van der Waals surface area (Å²) in [6.07, 6.45) is 31.2. The van der Waals surface area contributed by atoms with Gasteiger partial charge in [-0.2, -0.15) is 0 Å². The van der Waals surface area contributed by atoms with Crippen LogP contribution < -0.4 is 6.15 Å². The summed E-state index contributed by atoms with van der Waals surface area (Å²) in [5.41, 5.74) is 0. The number of unbranched alkanes of at least 4 members (excludes halogenated alkanes) is 15. The number of hydrogen-bond acceptors (Lipinski definition) is 1. The molecule has 0 fully saturated rings. The third kappa shape index (κ3) is 26.4. The first kappa shape index (κ1) is 32.0. The maximum atomic E-state index is 2.32. The zero-order valence-electron chi connectivity index (χ0n) is 19.5. The standard InChI is InChI=1S/C24H51P.H3N.H2O/c1-4-7-10-13-16-19-22-25(23-20-17-14-11-8-5-2)24-21-18-15-12-9-6-3;;/h4-24H2,1-3H3;1H3;1H2. The quantitative estimate of drug-likeness (QED) is 0.150. The Kier molecular flexibility index (Phi) is 33.9.